The molecule has 182 valence electrons. The summed E-state index contributed by atoms with van der Waals surface area (Å²) in [5.74, 6) is -0.280. The minimum atomic E-state index is -0.293. The summed E-state index contributed by atoms with van der Waals surface area (Å²) in [7, 11) is 1.40. The van der Waals surface area contributed by atoms with Crippen LogP contribution in [0.4, 0.5) is 4.39 Å². The van der Waals surface area contributed by atoms with Gasteiger partial charge in [0, 0.05) is 17.5 Å². The summed E-state index contributed by atoms with van der Waals surface area (Å²) in [6.07, 6.45) is 2.78. The molecule has 3 aromatic carbocycles. The van der Waals surface area contributed by atoms with Gasteiger partial charge < -0.3 is 9.84 Å². The maximum absolute atomic E-state index is 14.2. The number of hydrogen-bond donors (Lipinski definition) is 1. The van der Waals surface area contributed by atoms with E-state index in [0.29, 0.717) is 29.0 Å². The van der Waals surface area contributed by atoms with E-state index < -0.39 is 0 Å². The van der Waals surface area contributed by atoms with E-state index >= 15 is 0 Å². The quantitative estimate of drug-likeness (QED) is 0.279. The Morgan fingerprint density at radius 2 is 1.77 bits per heavy atom. The topological polar surface area (TPSA) is 63.6 Å². The third-order valence-electron chi connectivity index (χ3n) is 7.00. The van der Waals surface area contributed by atoms with E-state index in [0.717, 1.165) is 29.5 Å². The molecule has 0 spiro atoms. The lowest BCUT2D eigenvalue weighted by Gasteiger charge is -2.23. The second-order valence-electron chi connectivity index (χ2n) is 9.55. The lowest BCUT2D eigenvalue weighted by molar-refractivity contribution is -0.145. The van der Waals surface area contributed by atoms with Gasteiger partial charge in [-0.3, -0.25) is 9.59 Å². The monoisotopic (exact) mass is 474 g/mol. The van der Waals surface area contributed by atoms with Crippen molar-refractivity contribution in [3.8, 4) is 16.9 Å². The van der Waals surface area contributed by atoms with Crippen LogP contribution in [0, 0.1) is 24.6 Å². The normalized spacial score (nSPS) is 14.9. The number of benzene rings is 3. The molecule has 3 aromatic rings. The zero-order valence-corrected chi connectivity index (χ0v) is 20.4. The van der Waals surface area contributed by atoms with E-state index in [9.17, 15) is 19.1 Å². The Hall–Kier alpha value is -3.47. The molecule has 1 saturated carbocycles. The number of aromatic hydroxyl groups is 1. The summed E-state index contributed by atoms with van der Waals surface area (Å²) in [5, 5.41) is 10.7. The van der Waals surface area contributed by atoms with Gasteiger partial charge in [0.05, 0.1) is 13.0 Å². The first-order chi connectivity index (χ1) is 16.8. The van der Waals surface area contributed by atoms with Gasteiger partial charge in [0.2, 0.25) is 0 Å². The SMILES string of the molecule is COC(=O)[C@@H](C)[C@H](c1ccc(CCC(=O)c2ccc(-c3cc(C)ccc3F)cc2)c(O)c1)C1CC1. The van der Waals surface area contributed by atoms with Crippen LogP contribution in [0.2, 0.25) is 0 Å². The lowest BCUT2D eigenvalue weighted by Crippen LogP contribution is -2.22. The molecule has 0 saturated heterocycles. The van der Waals surface area contributed by atoms with Crippen molar-refractivity contribution >= 4 is 11.8 Å². The fourth-order valence-corrected chi connectivity index (χ4v) is 4.85. The van der Waals surface area contributed by atoms with Crippen molar-refractivity contribution in [2.45, 2.75) is 45.4 Å². The predicted octanol–water partition coefficient (Wildman–Crippen LogP) is 6.62. The summed E-state index contributed by atoms with van der Waals surface area (Å²) in [6, 6.07) is 17.5. The zero-order chi connectivity index (χ0) is 25.1. The number of rotatable bonds is 9. The first kappa shape index (κ1) is 24.6. The maximum Gasteiger partial charge on any atom is 0.309 e. The van der Waals surface area contributed by atoms with Crippen molar-refractivity contribution in [1.82, 2.24) is 0 Å². The predicted molar refractivity (Wildman–Crippen MR) is 134 cm³/mol. The lowest BCUT2D eigenvalue weighted by atomic mass is 9.82. The van der Waals surface area contributed by atoms with E-state index in [2.05, 4.69) is 0 Å². The van der Waals surface area contributed by atoms with Gasteiger partial charge in [-0.15, -0.1) is 0 Å². The molecule has 1 fully saturated rings. The highest BCUT2D eigenvalue weighted by Crippen LogP contribution is 2.47. The fourth-order valence-electron chi connectivity index (χ4n) is 4.85. The van der Waals surface area contributed by atoms with Gasteiger partial charge in [-0.2, -0.15) is 0 Å². The highest BCUT2D eigenvalue weighted by atomic mass is 19.1. The molecular formula is C30H31FO4. The van der Waals surface area contributed by atoms with Gasteiger partial charge in [-0.05, 0) is 72.9 Å². The minimum Gasteiger partial charge on any atom is -0.508 e. The summed E-state index contributed by atoms with van der Waals surface area (Å²) in [6.45, 7) is 3.78. The van der Waals surface area contributed by atoms with Crippen LogP contribution in [0.15, 0.2) is 60.7 Å². The van der Waals surface area contributed by atoms with Crippen molar-refractivity contribution in [2.75, 3.05) is 7.11 Å². The number of phenols is 1. The van der Waals surface area contributed by atoms with Gasteiger partial charge in [0.15, 0.2) is 5.78 Å². The molecule has 2 atom stereocenters. The number of methoxy groups -OCH3 is 1. The Labute approximate surface area is 205 Å². The first-order valence-corrected chi connectivity index (χ1v) is 12.1. The number of Topliss-reactive ketones (excluding diaryl/α,β-unsaturated/α-hetero) is 1. The Kier molecular flexibility index (Phi) is 7.34. The van der Waals surface area contributed by atoms with E-state index in [1.54, 1.807) is 42.5 Å². The number of aryl methyl sites for hydroxylation is 2. The maximum atomic E-state index is 14.2. The van der Waals surface area contributed by atoms with E-state index in [-0.39, 0.29) is 41.6 Å². The number of halogens is 1. The molecule has 0 unspecified atom stereocenters. The third-order valence-corrected chi connectivity index (χ3v) is 7.00. The van der Waals surface area contributed by atoms with Gasteiger partial charge in [0.25, 0.3) is 0 Å². The van der Waals surface area contributed by atoms with Gasteiger partial charge in [-0.1, -0.05) is 55.0 Å². The van der Waals surface area contributed by atoms with Gasteiger partial charge in [0.1, 0.15) is 11.6 Å². The number of hydrogen-bond acceptors (Lipinski definition) is 4. The van der Waals surface area contributed by atoms with Crippen LogP contribution in [-0.4, -0.2) is 24.0 Å². The second-order valence-corrected chi connectivity index (χ2v) is 9.55. The van der Waals surface area contributed by atoms with Gasteiger partial charge in [-0.25, -0.2) is 4.39 Å². The van der Waals surface area contributed by atoms with Crippen molar-refractivity contribution in [1.29, 1.82) is 0 Å². The molecule has 0 aromatic heterocycles. The zero-order valence-electron chi connectivity index (χ0n) is 20.4. The van der Waals surface area contributed by atoms with Crippen molar-refractivity contribution in [2.24, 2.45) is 11.8 Å². The Bertz CT molecular complexity index is 1230. The average Bonchev–Trinajstić information content (AvgIpc) is 3.69. The minimum absolute atomic E-state index is 0.0146. The average molecular weight is 475 g/mol. The molecule has 4 nitrogen and oxygen atoms in total. The molecule has 0 radical (unpaired) electrons. The molecule has 1 aliphatic rings. The molecule has 0 bridgehead atoms. The van der Waals surface area contributed by atoms with Crippen LogP contribution in [0.1, 0.15) is 59.2 Å². The van der Waals surface area contributed by atoms with Crippen LogP contribution < -0.4 is 0 Å². The third kappa shape index (κ3) is 5.61. The Balaban J connectivity index is 1.42. The van der Waals surface area contributed by atoms with Crippen molar-refractivity contribution in [3.63, 3.8) is 0 Å². The molecule has 0 amide bonds. The van der Waals surface area contributed by atoms with E-state index in [1.807, 2.05) is 26.0 Å². The summed E-state index contributed by atoms with van der Waals surface area (Å²) >= 11 is 0. The number of carbonyl (C=O) groups excluding carboxylic acids is 2. The number of phenolic OH excluding ortho intramolecular Hbond substituents is 1. The molecule has 0 heterocycles. The second kappa shape index (κ2) is 10.4. The van der Waals surface area contributed by atoms with Crippen LogP contribution in [-0.2, 0) is 16.0 Å². The Morgan fingerprint density at radius 3 is 2.40 bits per heavy atom. The van der Waals surface area contributed by atoms with Crippen molar-refractivity contribution in [3.05, 3.63) is 88.7 Å². The summed E-state index contributed by atoms with van der Waals surface area (Å²) in [4.78, 5) is 24.9. The largest absolute Gasteiger partial charge is 0.508 e. The summed E-state index contributed by atoms with van der Waals surface area (Å²) in [5.41, 5.74) is 4.38. The number of esters is 1. The number of ether oxygens (including phenoxy) is 1. The van der Waals surface area contributed by atoms with E-state index in [1.165, 1.54) is 13.2 Å². The molecule has 4 rings (SSSR count). The van der Waals surface area contributed by atoms with E-state index in [4.69, 9.17) is 4.74 Å². The number of carbonyl (C=O) groups is 2. The Morgan fingerprint density at radius 1 is 1.06 bits per heavy atom. The highest BCUT2D eigenvalue weighted by Gasteiger charge is 2.39. The highest BCUT2D eigenvalue weighted by molar-refractivity contribution is 5.96. The standard InChI is InChI=1S/C30H31FO4/c1-18-4-14-26(31)25(16-18)20-5-7-21(8-6-20)27(32)15-13-22-9-12-24(17-28(22)33)29(23-10-11-23)19(2)30(34)35-3/h4-9,12,14,16-17,19,23,29,33H,10-11,13,15H2,1-3H3/t19-,29-/m0/s1. The number of ketones is 1. The van der Waals surface area contributed by atoms with Crippen LogP contribution in [0.25, 0.3) is 11.1 Å². The van der Waals surface area contributed by atoms with Crippen LogP contribution in [0.3, 0.4) is 0 Å². The molecule has 0 aliphatic heterocycles. The summed E-state index contributed by atoms with van der Waals surface area (Å²) < 4.78 is 19.1. The molecule has 1 aliphatic carbocycles. The first-order valence-electron chi connectivity index (χ1n) is 12.1. The molecule has 35 heavy (non-hydrogen) atoms. The molecule has 1 N–H and O–H groups in total. The van der Waals surface area contributed by atoms with Gasteiger partial charge >= 0.3 is 5.97 Å². The molecular weight excluding hydrogens is 443 g/mol. The fraction of sp³-hybridized carbons (Fsp3) is 0.333. The van der Waals surface area contributed by atoms with Crippen LogP contribution in [0.5, 0.6) is 5.75 Å². The van der Waals surface area contributed by atoms with Crippen LogP contribution >= 0.6 is 0 Å². The van der Waals surface area contributed by atoms with Crippen molar-refractivity contribution < 1.29 is 23.8 Å². The molecule has 5 heteroatoms. The smallest absolute Gasteiger partial charge is 0.309 e.